The van der Waals surface area contributed by atoms with E-state index in [2.05, 4.69) is 9.71 Å². The lowest BCUT2D eigenvalue weighted by molar-refractivity contribution is 0.578. The molecule has 2 rings (SSSR count). The molecule has 8 heteroatoms. The fourth-order valence-corrected chi connectivity index (χ4v) is 3.21. The van der Waals surface area contributed by atoms with Crippen LogP contribution in [0, 0.1) is 0 Å². The maximum Gasteiger partial charge on any atom is 0.261 e. The minimum absolute atomic E-state index is 0.0870. The van der Waals surface area contributed by atoms with Gasteiger partial charge in [0.1, 0.15) is 5.15 Å². The number of hydrogen-bond acceptors (Lipinski definition) is 3. The van der Waals surface area contributed by atoms with Gasteiger partial charge in [0.2, 0.25) is 5.03 Å². The molecule has 1 aromatic carbocycles. The standard InChI is InChI=1S/C12H13Cl2N3O2S/c1-17-8-15-12(11(17)14)20(18,19)16-7-6-9-2-4-10(13)5-3-9/h2-5,8,16H,6-7H2,1H3. The van der Waals surface area contributed by atoms with Gasteiger partial charge in [0.15, 0.2) is 0 Å². The normalized spacial score (nSPS) is 11.8. The second kappa shape index (κ2) is 6.13. The summed E-state index contributed by atoms with van der Waals surface area (Å²) in [5, 5.41) is 0.580. The molecule has 1 N–H and O–H groups in total. The van der Waals surface area contributed by atoms with Crippen LogP contribution in [0.3, 0.4) is 0 Å². The lowest BCUT2D eigenvalue weighted by atomic mass is 10.2. The summed E-state index contributed by atoms with van der Waals surface area (Å²) in [6.45, 7) is 0.261. The van der Waals surface area contributed by atoms with Crippen LogP contribution in [0.2, 0.25) is 10.2 Å². The molecule has 108 valence electrons. The Hall–Kier alpha value is -1.08. The lowest BCUT2D eigenvalue weighted by Gasteiger charge is -2.05. The highest BCUT2D eigenvalue weighted by atomic mass is 35.5. The fourth-order valence-electron chi connectivity index (χ4n) is 1.62. The molecule has 1 heterocycles. The molecule has 2 aromatic rings. The van der Waals surface area contributed by atoms with Crippen LogP contribution in [0.5, 0.6) is 0 Å². The van der Waals surface area contributed by atoms with E-state index in [1.165, 1.54) is 10.9 Å². The number of imidazole rings is 1. The molecule has 0 aliphatic carbocycles. The maximum atomic E-state index is 12.0. The zero-order valence-corrected chi connectivity index (χ0v) is 13.0. The zero-order chi connectivity index (χ0) is 14.8. The van der Waals surface area contributed by atoms with Gasteiger partial charge in [0.25, 0.3) is 10.0 Å². The molecular formula is C12H13Cl2N3O2S. The van der Waals surface area contributed by atoms with Crippen molar-refractivity contribution in [3.05, 3.63) is 46.3 Å². The van der Waals surface area contributed by atoms with E-state index in [1.54, 1.807) is 19.2 Å². The molecule has 0 fully saturated rings. The highest BCUT2D eigenvalue weighted by molar-refractivity contribution is 7.89. The van der Waals surface area contributed by atoms with Crippen molar-refractivity contribution in [1.82, 2.24) is 14.3 Å². The quantitative estimate of drug-likeness (QED) is 0.912. The van der Waals surface area contributed by atoms with Crippen molar-refractivity contribution in [2.45, 2.75) is 11.4 Å². The van der Waals surface area contributed by atoms with Gasteiger partial charge in [-0.1, -0.05) is 35.3 Å². The van der Waals surface area contributed by atoms with Crippen molar-refractivity contribution in [2.75, 3.05) is 6.54 Å². The van der Waals surface area contributed by atoms with E-state index in [-0.39, 0.29) is 16.7 Å². The third-order valence-electron chi connectivity index (χ3n) is 2.71. The van der Waals surface area contributed by atoms with Crippen molar-refractivity contribution < 1.29 is 8.42 Å². The topological polar surface area (TPSA) is 64.0 Å². The number of halogens is 2. The molecule has 5 nitrogen and oxygen atoms in total. The second-order valence-electron chi connectivity index (χ2n) is 4.23. The first-order chi connectivity index (χ1) is 9.40. The third-order valence-corrected chi connectivity index (χ3v) is 4.91. The van der Waals surface area contributed by atoms with E-state index in [4.69, 9.17) is 23.2 Å². The molecular weight excluding hydrogens is 321 g/mol. The SMILES string of the molecule is Cn1cnc(S(=O)(=O)NCCc2ccc(Cl)cc2)c1Cl. The maximum absolute atomic E-state index is 12.0. The molecule has 0 atom stereocenters. The highest BCUT2D eigenvalue weighted by Crippen LogP contribution is 2.18. The van der Waals surface area contributed by atoms with E-state index in [1.807, 2.05) is 12.1 Å². The number of hydrogen-bond donors (Lipinski definition) is 1. The van der Waals surface area contributed by atoms with Gasteiger partial charge in [-0.05, 0) is 24.1 Å². The summed E-state index contributed by atoms with van der Waals surface area (Å²) in [6, 6.07) is 7.23. The van der Waals surface area contributed by atoms with E-state index in [0.29, 0.717) is 11.4 Å². The highest BCUT2D eigenvalue weighted by Gasteiger charge is 2.21. The lowest BCUT2D eigenvalue weighted by Crippen LogP contribution is -2.26. The van der Waals surface area contributed by atoms with Crippen molar-refractivity contribution in [1.29, 1.82) is 0 Å². The van der Waals surface area contributed by atoms with Gasteiger partial charge >= 0.3 is 0 Å². The third kappa shape index (κ3) is 3.52. The van der Waals surface area contributed by atoms with Crippen LogP contribution in [0.4, 0.5) is 0 Å². The van der Waals surface area contributed by atoms with Crippen molar-refractivity contribution >= 4 is 33.2 Å². The molecule has 0 spiro atoms. The number of aryl methyl sites for hydroxylation is 1. The zero-order valence-electron chi connectivity index (χ0n) is 10.7. The largest absolute Gasteiger partial charge is 0.324 e. The Labute approximate surface area is 127 Å². The average Bonchev–Trinajstić information content (AvgIpc) is 2.73. The Morgan fingerprint density at radius 2 is 1.90 bits per heavy atom. The summed E-state index contributed by atoms with van der Waals surface area (Å²) in [4.78, 5) is 3.79. The molecule has 20 heavy (non-hydrogen) atoms. The Bertz CT molecular complexity index is 696. The molecule has 0 amide bonds. The summed E-state index contributed by atoms with van der Waals surface area (Å²) in [7, 11) is -2.06. The number of benzene rings is 1. The predicted molar refractivity (Wildman–Crippen MR) is 78.6 cm³/mol. The minimum atomic E-state index is -3.69. The Kier molecular flexibility index (Phi) is 4.70. The van der Waals surface area contributed by atoms with Gasteiger partial charge in [0, 0.05) is 18.6 Å². The van der Waals surface area contributed by atoms with Crippen LogP contribution < -0.4 is 4.72 Å². The monoisotopic (exact) mass is 333 g/mol. The van der Waals surface area contributed by atoms with Crippen LogP contribution >= 0.6 is 23.2 Å². The summed E-state index contributed by atoms with van der Waals surface area (Å²) < 4.78 is 27.9. The Morgan fingerprint density at radius 1 is 1.25 bits per heavy atom. The van der Waals surface area contributed by atoms with Crippen LogP contribution in [0.15, 0.2) is 35.6 Å². The number of nitrogens with one attached hydrogen (secondary N) is 1. The van der Waals surface area contributed by atoms with Gasteiger partial charge in [0.05, 0.1) is 6.33 Å². The van der Waals surface area contributed by atoms with E-state index in [0.717, 1.165) is 5.56 Å². The summed E-state index contributed by atoms with van der Waals surface area (Å²) in [5.41, 5.74) is 0.990. The Balaban J connectivity index is 2.00. The van der Waals surface area contributed by atoms with E-state index >= 15 is 0 Å². The molecule has 1 aromatic heterocycles. The first-order valence-electron chi connectivity index (χ1n) is 5.81. The van der Waals surface area contributed by atoms with E-state index < -0.39 is 10.0 Å². The molecule has 0 unspecified atom stereocenters. The van der Waals surface area contributed by atoms with Crippen molar-refractivity contribution in [2.24, 2.45) is 7.05 Å². The molecule has 0 bridgehead atoms. The first-order valence-corrected chi connectivity index (χ1v) is 8.05. The van der Waals surface area contributed by atoms with Crippen LogP contribution in [0.25, 0.3) is 0 Å². The van der Waals surface area contributed by atoms with Gasteiger partial charge in [-0.3, -0.25) is 0 Å². The number of sulfonamides is 1. The Morgan fingerprint density at radius 3 is 2.45 bits per heavy atom. The molecule has 0 saturated carbocycles. The van der Waals surface area contributed by atoms with Gasteiger partial charge in [-0.2, -0.15) is 0 Å². The minimum Gasteiger partial charge on any atom is -0.324 e. The number of rotatable bonds is 5. The van der Waals surface area contributed by atoms with Gasteiger partial charge < -0.3 is 4.57 Å². The van der Waals surface area contributed by atoms with Gasteiger partial charge in [-0.25, -0.2) is 18.1 Å². The summed E-state index contributed by atoms with van der Waals surface area (Å²) in [6.07, 6.45) is 1.91. The molecule has 0 aliphatic rings. The number of nitrogens with zero attached hydrogens (tertiary/aromatic N) is 2. The van der Waals surface area contributed by atoms with Crippen molar-refractivity contribution in [3.8, 4) is 0 Å². The summed E-state index contributed by atoms with van der Waals surface area (Å²) >= 11 is 11.7. The smallest absolute Gasteiger partial charge is 0.261 e. The van der Waals surface area contributed by atoms with Crippen LogP contribution in [-0.2, 0) is 23.5 Å². The molecule has 0 radical (unpaired) electrons. The summed E-state index contributed by atoms with van der Waals surface area (Å²) in [5.74, 6) is 0. The molecule has 0 aliphatic heterocycles. The predicted octanol–water partition coefficient (Wildman–Crippen LogP) is 2.25. The van der Waals surface area contributed by atoms with Gasteiger partial charge in [-0.15, -0.1) is 0 Å². The van der Waals surface area contributed by atoms with Crippen LogP contribution in [0.1, 0.15) is 5.56 Å². The first kappa shape index (κ1) is 15.3. The fraction of sp³-hybridized carbons (Fsp3) is 0.250. The van der Waals surface area contributed by atoms with E-state index in [9.17, 15) is 8.42 Å². The van der Waals surface area contributed by atoms with Crippen LogP contribution in [-0.4, -0.2) is 24.5 Å². The number of aromatic nitrogens is 2. The second-order valence-corrected chi connectivity index (χ2v) is 6.70. The molecule has 0 saturated heterocycles. The average molecular weight is 334 g/mol. The van der Waals surface area contributed by atoms with Crippen molar-refractivity contribution in [3.63, 3.8) is 0 Å².